The van der Waals surface area contributed by atoms with Gasteiger partial charge in [-0.15, -0.1) is 0 Å². The fraction of sp³-hybridized carbons (Fsp3) is 0.269. The predicted molar refractivity (Wildman–Crippen MR) is 127 cm³/mol. The molecule has 0 bridgehead atoms. The average Bonchev–Trinajstić information content (AvgIpc) is 3.13. The smallest absolute Gasteiger partial charge is 0.247 e. The average molecular weight is 418 g/mol. The van der Waals surface area contributed by atoms with Crippen molar-refractivity contribution in [2.45, 2.75) is 46.1 Å². The van der Waals surface area contributed by atoms with Crippen molar-refractivity contribution in [1.29, 1.82) is 0 Å². The largest absolute Gasteiger partial charge is 0.505 e. The van der Waals surface area contributed by atoms with Crippen LogP contribution in [0.5, 0.6) is 5.75 Å². The Balaban J connectivity index is 1.66. The number of benzene rings is 2. The van der Waals surface area contributed by atoms with Gasteiger partial charge in [0.1, 0.15) is 5.75 Å². The van der Waals surface area contributed by atoms with Crippen LogP contribution in [0, 0.1) is 6.92 Å². The number of nitrogens with two attached hydrogens (primary N) is 1. The lowest BCUT2D eigenvalue weighted by molar-refractivity contribution is -0.118. The molecule has 2 aromatic carbocycles. The lowest BCUT2D eigenvalue weighted by Gasteiger charge is -2.13. The Morgan fingerprint density at radius 3 is 2.45 bits per heavy atom. The first kappa shape index (κ1) is 22.2. The van der Waals surface area contributed by atoms with E-state index in [0.717, 1.165) is 30.5 Å². The maximum absolute atomic E-state index is 12.6. The Morgan fingerprint density at radius 2 is 1.81 bits per heavy atom. The molecular formula is C26H31N3O2. The normalized spacial score (nSPS) is 15.0. The van der Waals surface area contributed by atoms with Gasteiger partial charge in [0, 0.05) is 23.0 Å². The highest BCUT2D eigenvalue weighted by molar-refractivity contribution is 5.93. The minimum Gasteiger partial charge on any atom is -0.505 e. The first-order valence-electron chi connectivity index (χ1n) is 10.7. The fourth-order valence-electron chi connectivity index (χ4n) is 3.78. The first-order chi connectivity index (χ1) is 14.9. The molecule has 0 fully saturated rings. The van der Waals surface area contributed by atoms with Crippen molar-refractivity contribution in [3.05, 3.63) is 94.4 Å². The number of fused-ring (bicyclic) bond motifs is 1. The summed E-state index contributed by atoms with van der Waals surface area (Å²) in [6.45, 7) is 5.64. The molecule has 0 spiro atoms. The molecule has 0 saturated carbocycles. The molecule has 0 radical (unpaired) electrons. The molecule has 2 aromatic rings. The molecule has 0 aromatic heterocycles. The van der Waals surface area contributed by atoms with Crippen LogP contribution < -0.4 is 16.4 Å². The molecule has 0 unspecified atom stereocenters. The van der Waals surface area contributed by atoms with Crippen molar-refractivity contribution in [2.75, 3.05) is 5.32 Å². The van der Waals surface area contributed by atoms with E-state index in [9.17, 15) is 9.90 Å². The van der Waals surface area contributed by atoms with Crippen LogP contribution >= 0.6 is 0 Å². The molecule has 5 heteroatoms. The number of phenols is 1. The van der Waals surface area contributed by atoms with Crippen LogP contribution in [-0.2, 0) is 17.6 Å². The van der Waals surface area contributed by atoms with E-state index >= 15 is 0 Å². The van der Waals surface area contributed by atoms with Crippen LogP contribution in [0.2, 0.25) is 0 Å². The molecule has 1 aliphatic carbocycles. The Labute approximate surface area is 184 Å². The maximum atomic E-state index is 12.6. The molecule has 5 nitrogen and oxygen atoms in total. The quantitative estimate of drug-likeness (QED) is 0.304. The number of carbonyl (C=O) groups excluding carboxylic acids is 1. The molecule has 5 N–H and O–H groups in total. The van der Waals surface area contributed by atoms with Crippen molar-refractivity contribution in [3.63, 3.8) is 0 Å². The second-order valence-electron chi connectivity index (χ2n) is 7.98. The topological polar surface area (TPSA) is 87.4 Å². The van der Waals surface area contributed by atoms with Crippen molar-refractivity contribution >= 4 is 11.6 Å². The third-order valence-corrected chi connectivity index (χ3v) is 5.39. The summed E-state index contributed by atoms with van der Waals surface area (Å²) in [5.74, 6) is 0.0969. The molecular weight excluding hydrogens is 386 g/mol. The number of nitrogens with one attached hydrogen (secondary N) is 2. The maximum Gasteiger partial charge on any atom is 0.247 e. The first-order valence-corrected chi connectivity index (χ1v) is 10.7. The Bertz CT molecular complexity index is 1030. The van der Waals surface area contributed by atoms with Crippen LogP contribution in [0.3, 0.4) is 0 Å². The van der Waals surface area contributed by atoms with Crippen LogP contribution in [-0.4, -0.2) is 17.1 Å². The molecule has 0 aliphatic heterocycles. The Hall–Kier alpha value is -3.47. The molecule has 1 aliphatic rings. The van der Waals surface area contributed by atoms with Crippen LogP contribution in [0.25, 0.3) is 0 Å². The minimum absolute atomic E-state index is 0.111. The predicted octanol–water partition coefficient (Wildman–Crippen LogP) is 4.48. The van der Waals surface area contributed by atoms with Gasteiger partial charge in [-0.05, 0) is 68.0 Å². The van der Waals surface area contributed by atoms with E-state index in [-0.39, 0.29) is 17.7 Å². The zero-order valence-corrected chi connectivity index (χ0v) is 18.4. The fourth-order valence-corrected chi connectivity index (χ4v) is 3.78. The summed E-state index contributed by atoms with van der Waals surface area (Å²) in [5.41, 5.74) is 12.0. The summed E-state index contributed by atoms with van der Waals surface area (Å²) in [6.07, 6.45) is 7.94. The number of carbonyl (C=O) groups is 1. The number of hydrogen-bond donors (Lipinski definition) is 4. The van der Waals surface area contributed by atoms with E-state index in [1.165, 1.54) is 11.1 Å². The molecule has 31 heavy (non-hydrogen) atoms. The number of aryl methyl sites for hydroxylation is 1. The van der Waals surface area contributed by atoms with Crippen molar-refractivity contribution in [3.8, 4) is 5.75 Å². The van der Waals surface area contributed by atoms with Gasteiger partial charge >= 0.3 is 0 Å². The van der Waals surface area contributed by atoms with Crippen molar-refractivity contribution in [2.24, 2.45) is 5.73 Å². The Morgan fingerprint density at radius 1 is 1.13 bits per heavy atom. The van der Waals surface area contributed by atoms with Gasteiger partial charge in [-0.1, -0.05) is 49.4 Å². The van der Waals surface area contributed by atoms with Gasteiger partial charge in [-0.2, -0.15) is 0 Å². The summed E-state index contributed by atoms with van der Waals surface area (Å²) in [4.78, 5) is 12.6. The standard InChI is InChI=1S/C26H31N3O2/c1-4-8-22(28-24-12-7-9-17(2)25(24)30)16-21(27)13-18(3)26(31)29-23-14-19-10-5-6-11-20(19)15-23/h5-13,16,23,28,30H,4,14-15,27H2,1-3H3,(H,29,31)/b18-13+,21-16+,22-8-. The lowest BCUT2D eigenvalue weighted by Crippen LogP contribution is -2.35. The number of anilines is 1. The molecule has 0 heterocycles. The highest BCUT2D eigenvalue weighted by atomic mass is 16.3. The lowest BCUT2D eigenvalue weighted by atomic mass is 10.1. The number of rotatable bonds is 7. The third kappa shape index (κ3) is 5.79. The van der Waals surface area contributed by atoms with E-state index in [0.29, 0.717) is 17.0 Å². The van der Waals surface area contributed by atoms with Gasteiger partial charge in [-0.25, -0.2) is 0 Å². The Kier molecular flexibility index (Phi) is 7.19. The number of aromatic hydroxyl groups is 1. The van der Waals surface area contributed by atoms with Crippen molar-refractivity contribution < 1.29 is 9.90 Å². The van der Waals surface area contributed by atoms with Gasteiger partial charge in [-0.3, -0.25) is 4.79 Å². The van der Waals surface area contributed by atoms with Gasteiger partial charge in [0.15, 0.2) is 0 Å². The molecule has 3 rings (SSSR count). The summed E-state index contributed by atoms with van der Waals surface area (Å²) in [5, 5.41) is 16.6. The number of para-hydroxylation sites is 1. The molecule has 162 valence electrons. The van der Waals surface area contributed by atoms with Crippen LogP contribution in [0.1, 0.15) is 37.0 Å². The highest BCUT2D eigenvalue weighted by Crippen LogP contribution is 2.28. The second kappa shape index (κ2) is 10.0. The number of phenolic OH excluding ortho intramolecular Hbond substituents is 1. The number of amides is 1. The van der Waals surface area contributed by atoms with Gasteiger partial charge in [0.25, 0.3) is 0 Å². The molecule has 0 saturated heterocycles. The molecule has 1 amide bonds. The van der Waals surface area contributed by atoms with Crippen LogP contribution in [0.15, 0.2) is 77.7 Å². The van der Waals surface area contributed by atoms with Gasteiger partial charge in [0.2, 0.25) is 5.91 Å². The SMILES string of the molecule is CC/C=C(/C=C(N)\C=C(/C)C(=O)NC1Cc2ccccc2C1)Nc1cccc(C)c1O. The summed E-state index contributed by atoms with van der Waals surface area (Å²) >= 11 is 0. The number of allylic oxidation sites excluding steroid dienone is 3. The summed E-state index contributed by atoms with van der Waals surface area (Å²) in [7, 11) is 0. The summed E-state index contributed by atoms with van der Waals surface area (Å²) < 4.78 is 0. The molecule has 0 atom stereocenters. The van der Waals surface area contributed by atoms with Crippen molar-refractivity contribution in [1.82, 2.24) is 5.32 Å². The third-order valence-electron chi connectivity index (χ3n) is 5.39. The van der Waals surface area contributed by atoms with E-state index < -0.39 is 0 Å². The minimum atomic E-state index is -0.112. The number of hydrogen-bond acceptors (Lipinski definition) is 4. The van der Waals surface area contributed by atoms with E-state index in [1.54, 1.807) is 19.1 Å². The van der Waals surface area contributed by atoms with Gasteiger partial charge < -0.3 is 21.5 Å². The van der Waals surface area contributed by atoms with E-state index in [1.807, 2.05) is 50.3 Å². The van der Waals surface area contributed by atoms with Gasteiger partial charge in [0.05, 0.1) is 5.69 Å². The highest BCUT2D eigenvalue weighted by Gasteiger charge is 2.22. The van der Waals surface area contributed by atoms with Crippen LogP contribution in [0.4, 0.5) is 5.69 Å². The zero-order chi connectivity index (χ0) is 22.4. The van der Waals surface area contributed by atoms with E-state index in [4.69, 9.17) is 5.73 Å². The zero-order valence-electron chi connectivity index (χ0n) is 18.4. The van der Waals surface area contributed by atoms with E-state index in [2.05, 4.69) is 22.8 Å². The monoisotopic (exact) mass is 417 g/mol. The second-order valence-corrected chi connectivity index (χ2v) is 7.98. The summed E-state index contributed by atoms with van der Waals surface area (Å²) in [6, 6.07) is 13.9.